The van der Waals surface area contributed by atoms with Crippen molar-refractivity contribution in [3.05, 3.63) is 39.4 Å². The van der Waals surface area contributed by atoms with Crippen molar-refractivity contribution in [2.45, 2.75) is 32.2 Å². The number of nitro groups is 1. The van der Waals surface area contributed by atoms with Crippen molar-refractivity contribution in [3.63, 3.8) is 0 Å². The summed E-state index contributed by atoms with van der Waals surface area (Å²) < 4.78 is 0. The van der Waals surface area contributed by atoms with Crippen LogP contribution in [0.4, 0.5) is 5.69 Å². The Balaban J connectivity index is 2.15. The molecule has 6 heteroatoms. The zero-order valence-corrected chi connectivity index (χ0v) is 12.5. The summed E-state index contributed by atoms with van der Waals surface area (Å²) in [7, 11) is 1.81. The number of aryl methyl sites for hydroxylation is 1. The Labute approximate surface area is 124 Å². The van der Waals surface area contributed by atoms with Crippen LogP contribution in [0.1, 0.15) is 35.2 Å². The molecule has 0 spiro atoms. The van der Waals surface area contributed by atoms with E-state index < -0.39 is 4.92 Å². The second-order valence-electron chi connectivity index (χ2n) is 5.51. The topological polar surface area (TPSA) is 75.5 Å². The second-order valence-corrected chi connectivity index (χ2v) is 5.51. The highest BCUT2D eigenvalue weighted by molar-refractivity contribution is 5.94. The maximum Gasteiger partial charge on any atom is 0.272 e. The van der Waals surface area contributed by atoms with Gasteiger partial charge >= 0.3 is 0 Å². The summed E-state index contributed by atoms with van der Waals surface area (Å²) in [5.74, 6) is -0.0695. The number of benzene rings is 1. The minimum atomic E-state index is -0.426. The van der Waals surface area contributed by atoms with Crippen LogP contribution in [0.5, 0.6) is 0 Å². The minimum absolute atomic E-state index is 0.0490. The number of nitrogens with one attached hydrogen (secondary N) is 1. The molecule has 1 aliphatic heterocycles. The van der Waals surface area contributed by atoms with Gasteiger partial charge in [-0.3, -0.25) is 14.9 Å². The fraction of sp³-hybridized carbons (Fsp3) is 0.533. The number of amides is 1. The van der Waals surface area contributed by atoms with E-state index in [4.69, 9.17) is 0 Å². The quantitative estimate of drug-likeness (QED) is 0.683. The van der Waals surface area contributed by atoms with Gasteiger partial charge in [0.25, 0.3) is 11.6 Å². The highest BCUT2D eigenvalue weighted by atomic mass is 16.6. The van der Waals surface area contributed by atoms with Crippen molar-refractivity contribution in [1.82, 2.24) is 10.2 Å². The SMILES string of the molecule is Cc1cc(C(=O)N(C)C2CCCNCC2)ccc1[N+](=O)[O-]. The molecule has 1 saturated heterocycles. The molecule has 0 bridgehead atoms. The highest BCUT2D eigenvalue weighted by Gasteiger charge is 2.23. The highest BCUT2D eigenvalue weighted by Crippen LogP contribution is 2.21. The van der Waals surface area contributed by atoms with Gasteiger partial charge in [0, 0.05) is 30.3 Å². The normalized spacial score (nSPS) is 18.9. The molecule has 21 heavy (non-hydrogen) atoms. The maximum atomic E-state index is 12.5. The van der Waals surface area contributed by atoms with Gasteiger partial charge in [-0.15, -0.1) is 0 Å². The van der Waals surface area contributed by atoms with Crippen LogP contribution in [-0.4, -0.2) is 41.9 Å². The molecule has 1 unspecified atom stereocenters. The number of nitro benzene ring substituents is 1. The Hall–Kier alpha value is -1.95. The standard InChI is InChI=1S/C15H21N3O3/c1-11-10-12(5-6-14(11)18(20)21)15(19)17(2)13-4-3-8-16-9-7-13/h5-6,10,13,16H,3-4,7-9H2,1-2H3. The van der Waals surface area contributed by atoms with Crippen LogP contribution >= 0.6 is 0 Å². The number of carbonyl (C=O) groups is 1. The Bertz CT molecular complexity index is 537. The monoisotopic (exact) mass is 291 g/mol. The first-order valence-electron chi connectivity index (χ1n) is 7.23. The molecular weight excluding hydrogens is 270 g/mol. The van der Waals surface area contributed by atoms with E-state index in [1.807, 2.05) is 7.05 Å². The maximum absolute atomic E-state index is 12.5. The molecule has 0 saturated carbocycles. The van der Waals surface area contributed by atoms with E-state index in [2.05, 4.69) is 5.32 Å². The van der Waals surface area contributed by atoms with Gasteiger partial charge in [0.15, 0.2) is 0 Å². The second kappa shape index (κ2) is 6.67. The molecule has 114 valence electrons. The van der Waals surface area contributed by atoms with Gasteiger partial charge in [-0.1, -0.05) is 0 Å². The van der Waals surface area contributed by atoms with Gasteiger partial charge in [-0.2, -0.15) is 0 Å². The number of hydrogen-bond acceptors (Lipinski definition) is 4. The van der Waals surface area contributed by atoms with Gasteiger partial charge in [0.1, 0.15) is 0 Å². The molecule has 1 aliphatic rings. The fourth-order valence-electron chi connectivity index (χ4n) is 2.75. The van der Waals surface area contributed by atoms with Crippen LogP contribution in [0.2, 0.25) is 0 Å². The smallest absolute Gasteiger partial charge is 0.272 e. The molecule has 1 heterocycles. The van der Waals surface area contributed by atoms with Crippen LogP contribution in [0.3, 0.4) is 0 Å². The predicted molar refractivity (Wildman–Crippen MR) is 80.4 cm³/mol. The van der Waals surface area contributed by atoms with Gasteiger partial charge < -0.3 is 10.2 Å². The molecule has 1 fully saturated rings. The number of hydrogen-bond donors (Lipinski definition) is 1. The third-order valence-corrected chi connectivity index (χ3v) is 4.05. The summed E-state index contributed by atoms with van der Waals surface area (Å²) in [4.78, 5) is 24.7. The number of rotatable bonds is 3. The minimum Gasteiger partial charge on any atom is -0.339 e. The summed E-state index contributed by atoms with van der Waals surface area (Å²) in [6.45, 7) is 3.57. The van der Waals surface area contributed by atoms with E-state index in [9.17, 15) is 14.9 Å². The van der Waals surface area contributed by atoms with Crippen LogP contribution in [0.25, 0.3) is 0 Å². The molecule has 0 radical (unpaired) electrons. The Morgan fingerprint density at radius 3 is 2.81 bits per heavy atom. The van der Waals surface area contributed by atoms with Crippen molar-refractivity contribution < 1.29 is 9.72 Å². The average Bonchev–Trinajstić information content (AvgIpc) is 2.74. The van der Waals surface area contributed by atoms with Crippen molar-refractivity contribution >= 4 is 11.6 Å². The van der Waals surface area contributed by atoms with Gasteiger partial charge in [0.05, 0.1) is 4.92 Å². The fourth-order valence-corrected chi connectivity index (χ4v) is 2.75. The van der Waals surface area contributed by atoms with E-state index >= 15 is 0 Å². The van der Waals surface area contributed by atoms with E-state index in [1.165, 1.54) is 6.07 Å². The molecular formula is C15H21N3O3. The summed E-state index contributed by atoms with van der Waals surface area (Å²) in [5, 5.41) is 14.2. The van der Waals surface area contributed by atoms with Crippen molar-refractivity contribution in [3.8, 4) is 0 Å². The summed E-state index contributed by atoms with van der Waals surface area (Å²) in [6.07, 6.45) is 2.98. The first kappa shape index (κ1) is 15.4. The molecule has 0 aliphatic carbocycles. The molecule has 6 nitrogen and oxygen atoms in total. The van der Waals surface area contributed by atoms with Crippen molar-refractivity contribution in [2.24, 2.45) is 0 Å². The average molecular weight is 291 g/mol. The van der Waals surface area contributed by atoms with E-state index in [0.29, 0.717) is 11.1 Å². The third kappa shape index (κ3) is 3.58. The third-order valence-electron chi connectivity index (χ3n) is 4.05. The largest absolute Gasteiger partial charge is 0.339 e. The zero-order chi connectivity index (χ0) is 15.4. The first-order chi connectivity index (χ1) is 10.0. The van der Waals surface area contributed by atoms with Crippen molar-refractivity contribution in [1.29, 1.82) is 0 Å². The Kier molecular flexibility index (Phi) is 4.90. The van der Waals surface area contributed by atoms with E-state index in [0.717, 1.165) is 32.4 Å². The van der Waals surface area contributed by atoms with Crippen LogP contribution in [-0.2, 0) is 0 Å². The van der Waals surface area contributed by atoms with Gasteiger partial charge in [-0.25, -0.2) is 0 Å². The summed E-state index contributed by atoms with van der Waals surface area (Å²) >= 11 is 0. The number of carbonyl (C=O) groups excluding carboxylic acids is 1. The summed E-state index contributed by atoms with van der Waals surface area (Å²) in [6, 6.07) is 4.78. The Morgan fingerprint density at radius 1 is 1.38 bits per heavy atom. The van der Waals surface area contributed by atoms with Crippen LogP contribution in [0.15, 0.2) is 18.2 Å². The first-order valence-corrected chi connectivity index (χ1v) is 7.23. The van der Waals surface area contributed by atoms with E-state index in [-0.39, 0.29) is 17.6 Å². The van der Waals surface area contributed by atoms with E-state index in [1.54, 1.807) is 24.0 Å². The lowest BCUT2D eigenvalue weighted by Gasteiger charge is -2.27. The lowest BCUT2D eigenvalue weighted by molar-refractivity contribution is -0.385. The molecule has 1 aromatic rings. The van der Waals surface area contributed by atoms with Crippen LogP contribution in [0, 0.1) is 17.0 Å². The predicted octanol–water partition coefficient (Wildman–Crippen LogP) is 2.12. The molecule has 0 aromatic heterocycles. The zero-order valence-electron chi connectivity index (χ0n) is 12.5. The molecule has 1 amide bonds. The van der Waals surface area contributed by atoms with Gasteiger partial charge in [0.2, 0.25) is 0 Å². The summed E-state index contributed by atoms with van der Waals surface area (Å²) in [5.41, 5.74) is 1.08. The van der Waals surface area contributed by atoms with Crippen molar-refractivity contribution in [2.75, 3.05) is 20.1 Å². The Morgan fingerprint density at radius 2 is 2.14 bits per heavy atom. The van der Waals surface area contributed by atoms with Crippen LogP contribution < -0.4 is 5.32 Å². The molecule has 1 atom stereocenters. The molecule has 1 aromatic carbocycles. The lowest BCUT2D eigenvalue weighted by atomic mass is 10.0. The van der Waals surface area contributed by atoms with Gasteiger partial charge in [-0.05, 0) is 51.4 Å². The molecule has 1 N–H and O–H groups in total. The lowest BCUT2D eigenvalue weighted by Crippen LogP contribution is -2.37. The molecule has 2 rings (SSSR count). The number of nitrogens with zero attached hydrogens (tertiary/aromatic N) is 2.